The van der Waals surface area contributed by atoms with Crippen molar-refractivity contribution in [2.45, 2.75) is 13.8 Å². The second-order valence-corrected chi connectivity index (χ2v) is 3.75. The minimum absolute atomic E-state index is 0.420. The molecule has 0 fully saturated rings. The number of hydrogen-bond acceptors (Lipinski definition) is 5. The van der Waals surface area contributed by atoms with E-state index in [2.05, 4.69) is 10.3 Å². The normalized spacial score (nSPS) is 10.6. The van der Waals surface area contributed by atoms with Gasteiger partial charge in [-0.05, 0) is 13.8 Å². The SMILES string of the molecule is COC(=O)c1c(-c2cc(C)on2)nn(C)c1C. The zero-order chi connectivity index (χ0) is 12.6. The fourth-order valence-corrected chi connectivity index (χ4v) is 1.61. The number of methoxy groups -OCH3 is 1. The van der Waals surface area contributed by atoms with E-state index in [1.807, 2.05) is 0 Å². The molecule has 17 heavy (non-hydrogen) atoms. The lowest BCUT2D eigenvalue weighted by molar-refractivity contribution is 0.0600. The fraction of sp³-hybridized carbons (Fsp3) is 0.364. The topological polar surface area (TPSA) is 70.2 Å². The highest BCUT2D eigenvalue weighted by Crippen LogP contribution is 2.25. The molecule has 0 aliphatic rings. The summed E-state index contributed by atoms with van der Waals surface area (Å²) in [6, 6.07) is 1.73. The fourth-order valence-electron chi connectivity index (χ4n) is 1.61. The van der Waals surface area contributed by atoms with E-state index in [-0.39, 0.29) is 0 Å². The van der Waals surface area contributed by atoms with Crippen LogP contribution >= 0.6 is 0 Å². The zero-order valence-electron chi connectivity index (χ0n) is 10.1. The third-order valence-corrected chi connectivity index (χ3v) is 2.59. The zero-order valence-corrected chi connectivity index (χ0v) is 10.1. The van der Waals surface area contributed by atoms with E-state index in [1.54, 1.807) is 31.6 Å². The first-order valence-corrected chi connectivity index (χ1v) is 5.10. The molecule has 0 aromatic carbocycles. The van der Waals surface area contributed by atoms with Crippen LogP contribution in [0.3, 0.4) is 0 Å². The first-order valence-electron chi connectivity index (χ1n) is 5.10. The van der Waals surface area contributed by atoms with Gasteiger partial charge in [0.2, 0.25) is 0 Å². The number of carbonyl (C=O) groups is 1. The van der Waals surface area contributed by atoms with Crippen LogP contribution in [0.15, 0.2) is 10.6 Å². The highest BCUT2D eigenvalue weighted by Gasteiger charge is 2.23. The van der Waals surface area contributed by atoms with Gasteiger partial charge in [-0.25, -0.2) is 4.79 Å². The van der Waals surface area contributed by atoms with Crippen LogP contribution in [0.1, 0.15) is 21.8 Å². The molecule has 6 nitrogen and oxygen atoms in total. The van der Waals surface area contributed by atoms with Crippen LogP contribution in [0.25, 0.3) is 11.4 Å². The molecular weight excluding hydrogens is 222 g/mol. The summed E-state index contributed by atoms with van der Waals surface area (Å²) in [6.45, 7) is 3.58. The van der Waals surface area contributed by atoms with Crippen molar-refractivity contribution >= 4 is 5.97 Å². The predicted octanol–water partition coefficient (Wildman–Crippen LogP) is 1.48. The molecule has 0 N–H and O–H groups in total. The van der Waals surface area contributed by atoms with Gasteiger partial charge in [0, 0.05) is 13.1 Å². The Morgan fingerprint density at radius 1 is 1.47 bits per heavy atom. The third-order valence-electron chi connectivity index (χ3n) is 2.59. The van der Waals surface area contributed by atoms with E-state index >= 15 is 0 Å². The molecule has 90 valence electrons. The summed E-state index contributed by atoms with van der Waals surface area (Å²) in [7, 11) is 3.10. The molecule has 0 atom stereocenters. The second-order valence-electron chi connectivity index (χ2n) is 3.75. The Morgan fingerprint density at radius 3 is 2.71 bits per heavy atom. The van der Waals surface area contributed by atoms with Crippen molar-refractivity contribution in [2.24, 2.45) is 7.05 Å². The highest BCUT2D eigenvalue weighted by atomic mass is 16.5. The van der Waals surface area contributed by atoms with E-state index in [9.17, 15) is 4.79 Å². The third kappa shape index (κ3) is 1.82. The van der Waals surface area contributed by atoms with Crippen molar-refractivity contribution in [1.82, 2.24) is 14.9 Å². The lowest BCUT2D eigenvalue weighted by Gasteiger charge is -1.99. The first kappa shape index (κ1) is 11.4. The molecular formula is C11H13N3O3. The van der Waals surface area contributed by atoms with Crippen molar-refractivity contribution in [1.29, 1.82) is 0 Å². The van der Waals surface area contributed by atoms with Crippen LogP contribution in [-0.2, 0) is 11.8 Å². The Hall–Kier alpha value is -2.11. The Morgan fingerprint density at radius 2 is 2.18 bits per heavy atom. The molecule has 0 saturated heterocycles. The van der Waals surface area contributed by atoms with Gasteiger partial charge in [-0.15, -0.1) is 0 Å². The van der Waals surface area contributed by atoms with Crippen molar-refractivity contribution in [3.8, 4) is 11.4 Å². The minimum Gasteiger partial charge on any atom is -0.465 e. The first-order chi connectivity index (χ1) is 8.04. The molecule has 0 bridgehead atoms. The number of nitrogens with zero attached hydrogens (tertiary/aromatic N) is 3. The Balaban J connectivity index is 2.61. The van der Waals surface area contributed by atoms with Crippen molar-refractivity contribution < 1.29 is 14.1 Å². The van der Waals surface area contributed by atoms with Gasteiger partial charge < -0.3 is 9.26 Å². The molecule has 2 rings (SSSR count). The van der Waals surface area contributed by atoms with Crippen molar-refractivity contribution in [3.05, 3.63) is 23.1 Å². The lowest BCUT2D eigenvalue weighted by atomic mass is 10.1. The number of aryl methyl sites for hydroxylation is 2. The standard InChI is InChI=1S/C11H13N3O3/c1-6-5-8(13-17-6)10-9(11(15)16-4)7(2)14(3)12-10/h5H,1-4H3. The van der Waals surface area contributed by atoms with Gasteiger partial charge in [-0.1, -0.05) is 5.16 Å². The number of esters is 1. The maximum atomic E-state index is 11.7. The molecule has 0 spiro atoms. The maximum Gasteiger partial charge on any atom is 0.342 e. The number of ether oxygens (including phenoxy) is 1. The summed E-state index contributed by atoms with van der Waals surface area (Å²) in [4.78, 5) is 11.7. The molecule has 2 aromatic rings. The van der Waals surface area contributed by atoms with Gasteiger partial charge in [0.1, 0.15) is 22.7 Å². The van der Waals surface area contributed by atoms with E-state index in [1.165, 1.54) is 7.11 Å². The van der Waals surface area contributed by atoms with Gasteiger partial charge in [0.15, 0.2) is 0 Å². The quantitative estimate of drug-likeness (QED) is 0.737. The smallest absolute Gasteiger partial charge is 0.342 e. The molecule has 2 heterocycles. The summed E-state index contributed by atoms with van der Waals surface area (Å²) in [5.74, 6) is 0.241. The van der Waals surface area contributed by atoms with E-state index in [0.717, 1.165) is 5.69 Å². The van der Waals surface area contributed by atoms with Crippen LogP contribution in [0.4, 0.5) is 0 Å². The summed E-state index contributed by atoms with van der Waals surface area (Å²) in [5, 5.41) is 8.12. The Bertz CT molecular complexity index is 569. The lowest BCUT2D eigenvalue weighted by Crippen LogP contribution is -2.04. The summed E-state index contributed by atoms with van der Waals surface area (Å²) < 4.78 is 11.4. The minimum atomic E-state index is -0.425. The molecule has 0 unspecified atom stereocenters. The number of hydrogen-bond donors (Lipinski definition) is 0. The van der Waals surface area contributed by atoms with Crippen LogP contribution < -0.4 is 0 Å². The van der Waals surface area contributed by atoms with Crippen molar-refractivity contribution in [3.63, 3.8) is 0 Å². The van der Waals surface area contributed by atoms with Gasteiger partial charge in [-0.3, -0.25) is 4.68 Å². The summed E-state index contributed by atoms with van der Waals surface area (Å²) >= 11 is 0. The van der Waals surface area contributed by atoms with Crippen LogP contribution in [0.2, 0.25) is 0 Å². The monoisotopic (exact) mass is 235 g/mol. The molecule has 0 aliphatic carbocycles. The summed E-state index contributed by atoms with van der Waals surface area (Å²) in [5.41, 5.74) is 2.16. The van der Waals surface area contributed by atoms with E-state index < -0.39 is 5.97 Å². The Kier molecular flexibility index (Phi) is 2.71. The van der Waals surface area contributed by atoms with E-state index in [4.69, 9.17) is 9.26 Å². The molecule has 2 aromatic heterocycles. The number of aromatic nitrogens is 3. The number of rotatable bonds is 2. The second kappa shape index (κ2) is 4.04. The van der Waals surface area contributed by atoms with Gasteiger partial charge in [-0.2, -0.15) is 5.10 Å². The largest absolute Gasteiger partial charge is 0.465 e. The van der Waals surface area contributed by atoms with Gasteiger partial charge in [0.25, 0.3) is 0 Å². The maximum absolute atomic E-state index is 11.7. The molecule has 6 heteroatoms. The van der Waals surface area contributed by atoms with Gasteiger partial charge in [0.05, 0.1) is 12.8 Å². The van der Waals surface area contributed by atoms with Crippen LogP contribution in [-0.4, -0.2) is 28.0 Å². The van der Waals surface area contributed by atoms with Crippen LogP contribution in [0.5, 0.6) is 0 Å². The van der Waals surface area contributed by atoms with E-state index in [0.29, 0.717) is 22.7 Å². The highest BCUT2D eigenvalue weighted by molar-refractivity contribution is 5.96. The average molecular weight is 235 g/mol. The summed E-state index contributed by atoms with van der Waals surface area (Å²) in [6.07, 6.45) is 0. The predicted molar refractivity (Wildman–Crippen MR) is 59.5 cm³/mol. The molecule has 0 amide bonds. The molecule has 0 radical (unpaired) electrons. The van der Waals surface area contributed by atoms with Gasteiger partial charge >= 0.3 is 5.97 Å². The molecule has 0 aliphatic heterocycles. The van der Waals surface area contributed by atoms with Crippen LogP contribution in [0, 0.1) is 13.8 Å². The Labute approximate surface area is 98.2 Å². The van der Waals surface area contributed by atoms with Crippen molar-refractivity contribution in [2.75, 3.05) is 7.11 Å². The number of carbonyl (C=O) groups excluding carboxylic acids is 1. The molecule has 0 saturated carbocycles. The average Bonchev–Trinajstić information content (AvgIpc) is 2.84.